The first-order valence-corrected chi connectivity index (χ1v) is 9.15. The van der Waals surface area contributed by atoms with Crippen molar-refractivity contribution < 1.29 is 14.3 Å². The molecule has 1 amide bonds. The Morgan fingerprint density at radius 1 is 1.21 bits per heavy atom. The number of piperazine rings is 1. The summed E-state index contributed by atoms with van der Waals surface area (Å²) in [7, 11) is 0. The number of hydrogen-bond donors (Lipinski definition) is 0. The van der Waals surface area contributed by atoms with Gasteiger partial charge >= 0.3 is 6.09 Å². The third-order valence-electron chi connectivity index (χ3n) is 3.70. The van der Waals surface area contributed by atoms with Gasteiger partial charge in [-0.1, -0.05) is 12.1 Å². The summed E-state index contributed by atoms with van der Waals surface area (Å²) in [5.74, 6) is 0.859. The minimum atomic E-state index is -0.445. The molecule has 0 N–H and O–H groups in total. The van der Waals surface area contributed by atoms with Gasteiger partial charge in [-0.05, 0) is 55.8 Å². The van der Waals surface area contributed by atoms with Crippen LogP contribution in [0.25, 0.3) is 0 Å². The molecule has 6 heteroatoms. The Morgan fingerprint density at radius 3 is 2.42 bits per heavy atom. The molecule has 134 valence electrons. The lowest BCUT2D eigenvalue weighted by Crippen LogP contribution is -2.51. The molecular formula is C18H27BrN2O3. The molecule has 1 aliphatic heterocycles. The predicted octanol–water partition coefficient (Wildman–Crippen LogP) is 3.77. The third kappa shape index (κ3) is 5.98. The fraction of sp³-hybridized carbons (Fsp3) is 0.611. The van der Waals surface area contributed by atoms with Gasteiger partial charge < -0.3 is 14.4 Å². The van der Waals surface area contributed by atoms with Gasteiger partial charge in [0, 0.05) is 32.7 Å². The number of halogens is 1. The predicted molar refractivity (Wildman–Crippen MR) is 98.5 cm³/mol. The number of nitrogens with zero attached hydrogens (tertiary/aromatic N) is 2. The number of para-hydroxylation sites is 1. The maximum absolute atomic E-state index is 12.1. The molecule has 1 fully saturated rings. The summed E-state index contributed by atoms with van der Waals surface area (Å²) >= 11 is 3.50. The van der Waals surface area contributed by atoms with E-state index in [2.05, 4.69) is 27.8 Å². The minimum Gasteiger partial charge on any atom is -0.488 e. The van der Waals surface area contributed by atoms with Gasteiger partial charge in [-0.3, -0.25) is 4.90 Å². The molecule has 1 atom stereocenters. The molecule has 2 rings (SSSR count). The van der Waals surface area contributed by atoms with Crippen molar-refractivity contribution in [3.05, 3.63) is 28.7 Å². The number of carbonyl (C=O) groups is 1. The molecule has 0 radical (unpaired) electrons. The fourth-order valence-electron chi connectivity index (χ4n) is 2.60. The van der Waals surface area contributed by atoms with Crippen molar-refractivity contribution >= 4 is 22.0 Å². The molecule has 0 aromatic heterocycles. The van der Waals surface area contributed by atoms with Crippen LogP contribution < -0.4 is 4.74 Å². The highest BCUT2D eigenvalue weighted by atomic mass is 79.9. The van der Waals surface area contributed by atoms with Crippen LogP contribution in [0.5, 0.6) is 5.75 Å². The van der Waals surface area contributed by atoms with E-state index in [9.17, 15) is 4.79 Å². The molecule has 1 aliphatic rings. The summed E-state index contributed by atoms with van der Waals surface area (Å²) in [6, 6.07) is 7.87. The van der Waals surface area contributed by atoms with Crippen LogP contribution in [0.15, 0.2) is 28.7 Å². The van der Waals surface area contributed by atoms with Crippen molar-refractivity contribution in [1.82, 2.24) is 9.80 Å². The van der Waals surface area contributed by atoms with Crippen molar-refractivity contribution in [3.8, 4) is 5.75 Å². The van der Waals surface area contributed by atoms with Gasteiger partial charge in [0.2, 0.25) is 0 Å². The monoisotopic (exact) mass is 398 g/mol. The second kappa shape index (κ2) is 8.21. The molecule has 5 nitrogen and oxygen atoms in total. The third-order valence-corrected chi connectivity index (χ3v) is 4.36. The second-order valence-corrected chi connectivity index (χ2v) is 7.98. The van der Waals surface area contributed by atoms with E-state index in [0.717, 1.165) is 29.9 Å². The van der Waals surface area contributed by atoms with E-state index in [1.165, 1.54) is 0 Å². The maximum atomic E-state index is 12.1. The largest absolute Gasteiger partial charge is 0.488 e. The van der Waals surface area contributed by atoms with Gasteiger partial charge in [0.15, 0.2) is 0 Å². The number of amides is 1. The van der Waals surface area contributed by atoms with Crippen LogP contribution >= 0.6 is 15.9 Å². The van der Waals surface area contributed by atoms with Gasteiger partial charge in [0.05, 0.1) is 4.47 Å². The van der Waals surface area contributed by atoms with E-state index < -0.39 is 5.60 Å². The van der Waals surface area contributed by atoms with Crippen LogP contribution in [-0.2, 0) is 4.74 Å². The summed E-state index contributed by atoms with van der Waals surface area (Å²) in [5, 5.41) is 0. The summed E-state index contributed by atoms with van der Waals surface area (Å²) in [5.41, 5.74) is -0.445. The van der Waals surface area contributed by atoms with E-state index in [4.69, 9.17) is 9.47 Å². The van der Waals surface area contributed by atoms with E-state index in [0.29, 0.717) is 13.1 Å². The van der Waals surface area contributed by atoms with Crippen LogP contribution in [-0.4, -0.2) is 60.3 Å². The fourth-order valence-corrected chi connectivity index (χ4v) is 2.98. The van der Waals surface area contributed by atoms with E-state index in [1.807, 2.05) is 45.0 Å². The van der Waals surface area contributed by atoms with Crippen molar-refractivity contribution in [2.75, 3.05) is 32.7 Å². The lowest BCUT2D eigenvalue weighted by molar-refractivity contribution is 0.0118. The normalized spacial score (nSPS) is 17.5. The Morgan fingerprint density at radius 2 is 1.83 bits per heavy atom. The summed E-state index contributed by atoms with van der Waals surface area (Å²) < 4.78 is 12.4. The zero-order chi connectivity index (χ0) is 17.7. The first-order valence-electron chi connectivity index (χ1n) is 8.36. The topological polar surface area (TPSA) is 42.0 Å². The van der Waals surface area contributed by atoms with Gasteiger partial charge in [-0.2, -0.15) is 0 Å². The Bertz CT molecular complexity index is 551. The molecule has 1 aromatic rings. The smallest absolute Gasteiger partial charge is 0.410 e. The molecule has 1 heterocycles. The highest BCUT2D eigenvalue weighted by molar-refractivity contribution is 9.10. The maximum Gasteiger partial charge on any atom is 0.410 e. The van der Waals surface area contributed by atoms with Crippen molar-refractivity contribution in [2.24, 2.45) is 0 Å². The van der Waals surface area contributed by atoms with E-state index in [-0.39, 0.29) is 12.2 Å². The number of rotatable bonds is 4. The zero-order valence-electron chi connectivity index (χ0n) is 14.9. The highest BCUT2D eigenvalue weighted by Crippen LogP contribution is 2.25. The number of carbonyl (C=O) groups excluding carboxylic acids is 1. The molecule has 0 unspecified atom stereocenters. The summed E-state index contributed by atoms with van der Waals surface area (Å²) in [4.78, 5) is 16.2. The quantitative estimate of drug-likeness (QED) is 0.773. The zero-order valence-corrected chi connectivity index (χ0v) is 16.5. The van der Waals surface area contributed by atoms with Gasteiger partial charge in [-0.15, -0.1) is 0 Å². The van der Waals surface area contributed by atoms with Crippen molar-refractivity contribution in [2.45, 2.75) is 39.4 Å². The summed E-state index contributed by atoms with van der Waals surface area (Å²) in [6.45, 7) is 11.6. The first kappa shape index (κ1) is 19.1. The Balaban J connectivity index is 1.76. The lowest BCUT2D eigenvalue weighted by atomic mass is 10.2. The average molecular weight is 399 g/mol. The van der Waals surface area contributed by atoms with E-state index in [1.54, 1.807) is 4.90 Å². The molecule has 0 saturated carbocycles. The number of ether oxygens (including phenoxy) is 2. The minimum absolute atomic E-state index is 0.0803. The number of hydrogen-bond acceptors (Lipinski definition) is 4. The molecule has 1 saturated heterocycles. The van der Waals surface area contributed by atoms with Crippen LogP contribution in [0.3, 0.4) is 0 Å². The van der Waals surface area contributed by atoms with E-state index >= 15 is 0 Å². The average Bonchev–Trinajstić information content (AvgIpc) is 2.48. The Labute approximate surface area is 153 Å². The van der Waals surface area contributed by atoms with Gasteiger partial charge in [0.25, 0.3) is 0 Å². The van der Waals surface area contributed by atoms with Gasteiger partial charge in [0.1, 0.15) is 17.5 Å². The van der Waals surface area contributed by atoms with Crippen LogP contribution in [0.2, 0.25) is 0 Å². The first-order chi connectivity index (χ1) is 11.2. The Kier molecular flexibility index (Phi) is 6.52. The Hall–Kier alpha value is -1.27. The van der Waals surface area contributed by atoms with Crippen molar-refractivity contribution in [3.63, 3.8) is 0 Å². The van der Waals surface area contributed by atoms with Crippen LogP contribution in [0.4, 0.5) is 4.79 Å². The molecule has 1 aromatic carbocycles. The highest BCUT2D eigenvalue weighted by Gasteiger charge is 2.26. The second-order valence-electron chi connectivity index (χ2n) is 7.13. The number of benzene rings is 1. The molecule has 0 spiro atoms. The SMILES string of the molecule is C[C@H](CN1CCN(C(=O)OC(C)(C)C)CC1)Oc1ccccc1Br. The molecule has 24 heavy (non-hydrogen) atoms. The van der Waals surface area contributed by atoms with Crippen LogP contribution in [0.1, 0.15) is 27.7 Å². The standard InChI is InChI=1S/C18H27BrN2O3/c1-14(23-16-8-6-5-7-15(16)19)13-20-9-11-21(12-10-20)17(22)24-18(2,3)4/h5-8,14H,9-13H2,1-4H3/t14-/m1/s1. The molecular weight excluding hydrogens is 372 g/mol. The van der Waals surface area contributed by atoms with Gasteiger partial charge in [-0.25, -0.2) is 4.79 Å². The summed E-state index contributed by atoms with van der Waals surface area (Å²) in [6.07, 6.45) is -0.142. The lowest BCUT2D eigenvalue weighted by Gasteiger charge is -2.36. The molecule has 0 aliphatic carbocycles. The van der Waals surface area contributed by atoms with Crippen LogP contribution in [0, 0.1) is 0 Å². The molecule has 0 bridgehead atoms. The van der Waals surface area contributed by atoms with Crippen molar-refractivity contribution in [1.29, 1.82) is 0 Å².